The molecule has 0 unspecified atom stereocenters. The molecule has 0 atom stereocenters. The summed E-state index contributed by atoms with van der Waals surface area (Å²) in [6.45, 7) is 1.96. The van der Waals surface area contributed by atoms with Crippen molar-refractivity contribution in [1.29, 1.82) is 0 Å². The van der Waals surface area contributed by atoms with Crippen molar-refractivity contribution in [1.82, 2.24) is 4.98 Å². The maximum Gasteiger partial charge on any atom is 0.138 e. The van der Waals surface area contributed by atoms with E-state index in [1.807, 2.05) is 55.5 Å². The van der Waals surface area contributed by atoms with E-state index < -0.39 is 0 Å². The van der Waals surface area contributed by atoms with Crippen molar-refractivity contribution in [2.24, 2.45) is 4.99 Å². The number of benzene rings is 2. The van der Waals surface area contributed by atoms with Crippen LogP contribution < -0.4 is 0 Å². The lowest BCUT2D eigenvalue weighted by atomic mass is 10.2. The molecule has 0 N–H and O–H groups in total. The van der Waals surface area contributed by atoms with Gasteiger partial charge in [0.05, 0.1) is 11.2 Å². The van der Waals surface area contributed by atoms with Gasteiger partial charge in [0.2, 0.25) is 0 Å². The van der Waals surface area contributed by atoms with E-state index >= 15 is 0 Å². The highest BCUT2D eigenvalue weighted by Crippen LogP contribution is 2.23. The fourth-order valence-corrected chi connectivity index (χ4v) is 2.37. The Labute approximate surface area is 133 Å². The molecular formula is C17H12Cl2N2. The molecule has 3 rings (SSSR count). The summed E-state index contributed by atoms with van der Waals surface area (Å²) >= 11 is 12.3. The molecule has 0 amide bonds. The number of nitrogens with zero attached hydrogens (tertiary/aromatic N) is 2. The lowest BCUT2D eigenvalue weighted by Crippen LogP contribution is -1.88. The third kappa shape index (κ3) is 3.07. The minimum Gasteiger partial charge on any atom is -0.256 e. The largest absolute Gasteiger partial charge is 0.256 e. The van der Waals surface area contributed by atoms with Crippen LogP contribution in [0.4, 0.5) is 5.69 Å². The summed E-state index contributed by atoms with van der Waals surface area (Å²) < 4.78 is 0. The van der Waals surface area contributed by atoms with Gasteiger partial charge in [-0.3, -0.25) is 4.99 Å². The van der Waals surface area contributed by atoms with Crippen LogP contribution in [0.3, 0.4) is 0 Å². The Morgan fingerprint density at radius 1 is 1.05 bits per heavy atom. The molecule has 2 nitrogen and oxygen atoms in total. The number of rotatable bonds is 2. The standard InChI is InChI=1S/C17H12Cl2N2/c1-11-6-7-14(9-15(11)18)20-10-13-8-12-4-2-3-5-16(12)21-17(13)19/h2-10H,1H3. The first-order valence-electron chi connectivity index (χ1n) is 6.49. The zero-order valence-electron chi connectivity index (χ0n) is 11.3. The maximum absolute atomic E-state index is 6.20. The van der Waals surface area contributed by atoms with E-state index in [4.69, 9.17) is 23.2 Å². The third-order valence-electron chi connectivity index (χ3n) is 3.21. The van der Waals surface area contributed by atoms with Gasteiger partial charge < -0.3 is 0 Å². The summed E-state index contributed by atoms with van der Waals surface area (Å²) in [5.74, 6) is 0. The molecule has 21 heavy (non-hydrogen) atoms. The number of pyridine rings is 1. The normalized spacial score (nSPS) is 11.4. The second kappa shape index (κ2) is 5.84. The van der Waals surface area contributed by atoms with Crippen LogP contribution in [0.1, 0.15) is 11.1 Å². The van der Waals surface area contributed by atoms with Crippen molar-refractivity contribution >= 4 is 46.0 Å². The van der Waals surface area contributed by atoms with Gasteiger partial charge in [-0.15, -0.1) is 0 Å². The van der Waals surface area contributed by atoms with Crippen LogP contribution in [0.25, 0.3) is 10.9 Å². The van der Waals surface area contributed by atoms with Gasteiger partial charge in [-0.1, -0.05) is 47.5 Å². The molecule has 0 radical (unpaired) electrons. The summed E-state index contributed by atoms with van der Waals surface area (Å²) in [4.78, 5) is 8.78. The van der Waals surface area contributed by atoms with Crippen LogP contribution in [0.2, 0.25) is 10.2 Å². The highest BCUT2D eigenvalue weighted by Gasteiger charge is 2.03. The van der Waals surface area contributed by atoms with Crippen molar-refractivity contribution in [3.63, 3.8) is 0 Å². The third-order valence-corrected chi connectivity index (χ3v) is 3.92. The summed E-state index contributed by atoms with van der Waals surface area (Å²) in [5.41, 5.74) is 3.47. The lowest BCUT2D eigenvalue weighted by Gasteiger charge is -2.02. The van der Waals surface area contributed by atoms with Crippen LogP contribution in [0.15, 0.2) is 53.5 Å². The Kier molecular flexibility index (Phi) is 3.91. The number of aryl methyl sites for hydroxylation is 1. The van der Waals surface area contributed by atoms with Crippen LogP contribution >= 0.6 is 23.2 Å². The first kappa shape index (κ1) is 14.1. The zero-order chi connectivity index (χ0) is 14.8. The minimum absolute atomic E-state index is 0.440. The van der Waals surface area contributed by atoms with E-state index in [1.165, 1.54) is 0 Å². The van der Waals surface area contributed by atoms with E-state index in [0.29, 0.717) is 10.2 Å². The second-order valence-corrected chi connectivity index (χ2v) is 5.52. The summed E-state index contributed by atoms with van der Waals surface area (Å²) in [6, 6.07) is 15.5. The molecule has 2 aromatic carbocycles. The Hall–Kier alpha value is -1.90. The predicted molar refractivity (Wildman–Crippen MR) is 90.2 cm³/mol. The Morgan fingerprint density at radius 2 is 1.86 bits per heavy atom. The highest BCUT2D eigenvalue weighted by atomic mass is 35.5. The van der Waals surface area contributed by atoms with Gasteiger partial charge in [0.15, 0.2) is 0 Å². The van der Waals surface area contributed by atoms with Gasteiger partial charge >= 0.3 is 0 Å². The van der Waals surface area contributed by atoms with Gasteiger partial charge in [-0.2, -0.15) is 0 Å². The fraction of sp³-hybridized carbons (Fsp3) is 0.0588. The second-order valence-electron chi connectivity index (χ2n) is 4.75. The van der Waals surface area contributed by atoms with Gasteiger partial charge in [0, 0.05) is 22.2 Å². The van der Waals surface area contributed by atoms with E-state index in [-0.39, 0.29) is 0 Å². The molecule has 104 valence electrons. The first-order valence-corrected chi connectivity index (χ1v) is 7.24. The van der Waals surface area contributed by atoms with Crippen LogP contribution in [0.5, 0.6) is 0 Å². The van der Waals surface area contributed by atoms with Crippen molar-refractivity contribution in [2.45, 2.75) is 6.92 Å². The summed E-state index contributed by atoms with van der Waals surface area (Å²) in [6.07, 6.45) is 1.71. The molecule has 0 aliphatic carbocycles. The highest BCUT2D eigenvalue weighted by molar-refractivity contribution is 6.32. The molecule has 0 fully saturated rings. The molecule has 1 heterocycles. The van der Waals surface area contributed by atoms with E-state index in [1.54, 1.807) is 6.21 Å². The molecule has 0 spiro atoms. The number of aromatic nitrogens is 1. The zero-order valence-corrected chi connectivity index (χ0v) is 12.9. The molecular weight excluding hydrogens is 303 g/mol. The quantitative estimate of drug-likeness (QED) is 0.446. The SMILES string of the molecule is Cc1ccc(N=Cc2cc3ccccc3nc2Cl)cc1Cl. The van der Waals surface area contributed by atoms with Crippen LogP contribution in [-0.4, -0.2) is 11.2 Å². The smallest absolute Gasteiger partial charge is 0.138 e. The number of hydrogen-bond donors (Lipinski definition) is 0. The van der Waals surface area contributed by atoms with Gasteiger partial charge in [0.1, 0.15) is 5.15 Å². The Morgan fingerprint density at radius 3 is 2.67 bits per heavy atom. The molecule has 0 saturated heterocycles. The number of hydrogen-bond acceptors (Lipinski definition) is 2. The minimum atomic E-state index is 0.440. The van der Waals surface area contributed by atoms with E-state index in [9.17, 15) is 0 Å². The fourth-order valence-electron chi connectivity index (χ4n) is 2.01. The number of para-hydroxylation sites is 1. The maximum atomic E-state index is 6.20. The Bertz CT molecular complexity index is 841. The van der Waals surface area contributed by atoms with Gasteiger partial charge in [0.25, 0.3) is 0 Å². The topological polar surface area (TPSA) is 25.2 Å². The summed E-state index contributed by atoms with van der Waals surface area (Å²) in [7, 11) is 0. The van der Waals surface area contributed by atoms with Crippen molar-refractivity contribution in [3.8, 4) is 0 Å². The predicted octanol–water partition coefficient (Wildman–Crippen LogP) is 5.60. The first-order chi connectivity index (χ1) is 10.1. The molecule has 0 aliphatic rings. The molecule has 0 aliphatic heterocycles. The van der Waals surface area contributed by atoms with E-state index in [2.05, 4.69) is 9.98 Å². The molecule has 3 aromatic rings. The van der Waals surface area contributed by atoms with Crippen molar-refractivity contribution in [3.05, 3.63) is 69.8 Å². The average Bonchev–Trinajstić information content (AvgIpc) is 2.48. The van der Waals surface area contributed by atoms with E-state index in [0.717, 1.165) is 27.7 Å². The van der Waals surface area contributed by atoms with Crippen LogP contribution in [0, 0.1) is 6.92 Å². The lowest BCUT2D eigenvalue weighted by molar-refractivity contribution is 1.39. The number of fused-ring (bicyclic) bond motifs is 1. The molecule has 0 saturated carbocycles. The summed E-state index contributed by atoms with van der Waals surface area (Å²) in [5, 5.41) is 2.17. The van der Waals surface area contributed by atoms with Crippen molar-refractivity contribution < 1.29 is 0 Å². The van der Waals surface area contributed by atoms with Crippen molar-refractivity contribution in [2.75, 3.05) is 0 Å². The van der Waals surface area contributed by atoms with Crippen LogP contribution in [-0.2, 0) is 0 Å². The molecule has 0 bridgehead atoms. The molecule has 4 heteroatoms. The molecule has 1 aromatic heterocycles. The number of aliphatic imine (C=N–C) groups is 1. The van der Waals surface area contributed by atoms with Gasteiger partial charge in [-0.25, -0.2) is 4.98 Å². The average molecular weight is 315 g/mol. The monoisotopic (exact) mass is 314 g/mol. The van der Waals surface area contributed by atoms with Gasteiger partial charge in [-0.05, 0) is 36.8 Å². The Balaban J connectivity index is 1.98. The number of halogens is 2.